The second-order valence-corrected chi connectivity index (χ2v) is 7.13. The van der Waals surface area contributed by atoms with Crippen LogP contribution < -0.4 is 0 Å². The SMILES string of the molecule is CC(C)C(C(=O)N(C)CC(O)CN1CCN(C)CC1)N(C)C. The zero-order valence-corrected chi connectivity index (χ0v) is 15.1. The molecule has 0 aliphatic carbocycles. The quantitative estimate of drug-likeness (QED) is 0.695. The molecule has 1 N–H and O–H groups in total. The highest BCUT2D eigenvalue weighted by molar-refractivity contribution is 5.81. The predicted octanol–water partition coefficient (Wildman–Crippen LogP) is -0.361. The molecule has 1 amide bonds. The van der Waals surface area contributed by atoms with Gasteiger partial charge in [0, 0.05) is 46.3 Å². The Morgan fingerprint density at radius 1 is 1.14 bits per heavy atom. The van der Waals surface area contributed by atoms with Gasteiger partial charge in [-0.3, -0.25) is 14.6 Å². The van der Waals surface area contributed by atoms with Crippen molar-refractivity contribution in [3.8, 4) is 0 Å². The Morgan fingerprint density at radius 2 is 1.68 bits per heavy atom. The van der Waals surface area contributed by atoms with E-state index in [0.717, 1.165) is 26.2 Å². The lowest BCUT2D eigenvalue weighted by Crippen LogP contribution is -2.51. The minimum absolute atomic E-state index is 0.0810. The van der Waals surface area contributed by atoms with Crippen LogP contribution in [0.25, 0.3) is 0 Å². The number of nitrogens with zero attached hydrogens (tertiary/aromatic N) is 4. The molecule has 1 fully saturated rings. The van der Waals surface area contributed by atoms with Gasteiger partial charge in [0.25, 0.3) is 0 Å². The van der Waals surface area contributed by atoms with Gasteiger partial charge in [0.2, 0.25) is 5.91 Å². The molecule has 0 aromatic heterocycles. The van der Waals surface area contributed by atoms with Crippen LogP contribution in [-0.4, -0.2) is 110 Å². The van der Waals surface area contributed by atoms with E-state index in [-0.39, 0.29) is 17.9 Å². The van der Waals surface area contributed by atoms with Gasteiger partial charge in [-0.15, -0.1) is 0 Å². The minimum Gasteiger partial charge on any atom is -0.390 e. The number of likely N-dealkylation sites (N-methyl/N-ethyl adjacent to an activating group) is 3. The van der Waals surface area contributed by atoms with Crippen molar-refractivity contribution in [2.24, 2.45) is 5.92 Å². The van der Waals surface area contributed by atoms with E-state index in [9.17, 15) is 9.90 Å². The number of carbonyl (C=O) groups excluding carboxylic acids is 1. The summed E-state index contributed by atoms with van der Waals surface area (Å²) in [5.74, 6) is 0.331. The van der Waals surface area contributed by atoms with E-state index in [2.05, 4.69) is 30.7 Å². The Bertz CT molecular complexity index is 333. The third-order valence-corrected chi connectivity index (χ3v) is 4.37. The summed E-state index contributed by atoms with van der Waals surface area (Å²) in [5, 5.41) is 10.3. The zero-order valence-electron chi connectivity index (χ0n) is 15.1. The van der Waals surface area contributed by atoms with Gasteiger partial charge in [0.05, 0.1) is 12.1 Å². The van der Waals surface area contributed by atoms with Crippen LogP contribution in [0.4, 0.5) is 0 Å². The number of aliphatic hydroxyl groups excluding tert-OH is 1. The lowest BCUT2D eigenvalue weighted by molar-refractivity contribution is -0.137. The van der Waals surface area contributed by atoms with Crippen LogP contribution in [-0.2, 0) is 4.79 Å². The van der Waals surface area contributed by atoms with E-state index in [1.54, 1.807) is 11.9 Å². The first kappa shape index (κ1) is 19.4. The van der Waals surface area contributed by atoms with Crippen LogP contribution in [0, 0.1) is 5.92 Å². The third kappa shape index (κ3) is 5.83. The fraction of sp³-hybridized carbons (Fsp3) is 0.938. The van der Waals surface area contributed by atoms with E-state index >= 15 is 0 Å². The second kappa shape index (κ2) is 8.82. The van der Waals surface area contributed by atoms with E-state index in [0.29, 0.717) is 13.1 Å². The highest BCUT2D eigenvalue weighted by atomic mass is 16.3. The van der Waals surface area contributed by atoms with Crippen molar-refractivity contribution in [3.63, 3.8) is 0 Å². The molecule has 1 aliphatic rings. The number of hydrogen-bond donors (Lipinski definition) is 1. The van der Waals surface area contributed by atoms with Gasteiger partial charge >= 0.3 is 0 Å². The van der Waals surface area contributed by atoms with E-state index in [1.807, 2.05) is 19.0 Å². The summed E-state index contributed by atoms with van der Waals surface area (Å²) < 4.78 is 0. The maximum atomic E-state index is 12.5. The summed E-state index contributed by atoms with van der Waals surface area (Å²) in [5.41, 5.74) is 0. The summed E-state index contributed by atoms with van der Waals surface area (Å²) in [6.45, 7) is 9.18. The Labute approximate surface area is 135 Å². The molecule has 22 heavy (non-hydrogen) atoms. The van der Waals surface area contributed by atoms with Crippen molar-refractivity contribution in [2.45, 2.75) is 26.0 Å². The summed E-state index contributed by atoms with van der Waals surface area (Å²) in [6, 6.07) is -0.138. The van der Waals surface area contributed by atoms with Gasteiger partial charge in [-0.2, -0.15) is 0 Å². The Balaban J connectivity index is 2.45. The number of hydrogen-bond acceptors (Lipinski definition) is 5. The van der Waals surface area contributed by atoms with E-state index < -0.39 is 6.10 Å². The molecule has 1 heterocycles. The molecule has 1 saturated heterocycles. The Hall–Kier alpha value is -0.690. The first-order valence-electron chi connectivity index (χ1n) is 8.22. The highest BCUT2D eigenvalue weighted by Crippen LogP contribution is 2.11. The molecule has 0 aromatic carbocycles. The molecule has 0 aromatic rings. The molecule has 0 bridgehead atoms. The van der Waals surface area contributed by atoms with Crippen LogP contribution >= 0.6 is 0 Å². The normalized spacial score (nSPS) is 20.4. The summed E-state index contributed by atoms with van der Waals surface area (Å²) >= 11 is 0. The van der Waals surface area contributed by atoms with Crippen LogP contribution in [0.2, 0.25) is 0 Å². The molecule has 6 nitrogen and oxygen atoms in total. The molecular weight excluding hydrogens is 280 g/mol. The van der Waals surface area contributed by atoms with Gasteiger partial charge in [-0.25, -0.2) is 0 Å². The number of aliphatic hydroxyl groups is 1. The van der Waals surface area contributed by atoms with Crippen molar-refractivity contribution >= 4 is 5.91 Å². The largest absolute Gasteiger partial charge is 0.390 e. The fourth-order valence-corrected chi connectivity index (χ4v) is 3.12. The number of β-amino-alcohol motifs (C(OH)–C–C–N with tert-alkyl or cyclic N) is 1. The second-order valence-electron chi connectivity index (χ2n) is 7.13. The molecule has 130 valence electrons. The molecule has 1 rings (SSSR count). The topological polar surface area (TPSA) is 50.3 Å². The molecule has 6 heteroatoms. The van der Waals surface area contributed by atoms with Gasteiger partial charge in [0.15, 0.2) is 0 Å². The predicted molar refractivity (Wildman–Crippen MR) is 89.9 cm³/mol. The molecule has 0 radical (unpaired) electrons. The molecule has 1 aliphatic heterocycles. The summed E-state index contributed by atoms with van der Waals surface area (Å²) in [4.78, 5) is 20.7. The average molecular weight is 314 g/mol. The molecule has 0 saturated carbocycles. The standard InChI is InChI=1S/C16H34N4O2/c1-13(2)15(17(3)4)16(22)19(6)11-14(21)12-20-9-7-18(5)8-10-20/h13-15,21H,7-12H2,1-6H3. The number of rotatable bonds is 7. The summed E-state index contributed by atoms with van der Waals surface area (Å²) in [7, 11) is 7.76. The minimum atomic E-state index is -0.493. The van der Waals surface area contributed by atoms with Crippen molar-refractivity contribution < 1.29 is 9.90 Å². The Morgan fingerprint density at radius 3 is 2.14 bits per heavy atom. The van der Waals surface area contributed by atoms with Crippen molar-refractivity contribution in [1.29, 1.82) is 0 Å². The maximum Gasteiger partial charge on any atom is 0.240 e. The molecule has 2 unspecified atom stereocenters. The monoisotopic (exact) mass is 314 g/mol. The van der Waals surface area contributed by atoms with Crippen molar-refractivity contribution in [3.05, 3.63) is 0 Å². The molecular formula is C16H34N4O2. The van der Waals surface area contributed by atoms with Crippen LogP contribution in [0.1, 0.15) is 13.8 Å². The molecule has 2 atom stereocenters. The van der Waals surface area contributed by atoms with Crippen LogP contribution in [0.5, 0.6) is 0 Å². The number of amides is 1. The average Bonchev–Trinajstić information content (AvgIpc) is 2.40. The lowest BCUT2D eigenvalue weighted by Gasteiger charge is -2.35. The highest BCUT2D eigenvalue weighted by Gasteiger charge is 2.28. The zero-order chi connectivity index (χ0) is 16.9. The van der Waals surface area contributed by atoms with E-state index in [1.165, 1.54) is 0 Å². The van der Waals surface area contributed by atoms with Crippen molar-refractivity contribution in [2.75, 3.05) is 67.5 Å². The number of carbonyl (C=O) groups is 1. The third-order valence-electron chi connectivity index (χ3n) is 4.37. The van der Waals surface area contributed by atoms with Gasteiger partial charge < -0.3 is 14.9 Å². The summed E-state index contributed by atoms with van der Waals surface area (Å²) in [6.07, 6.45) is -0.493. The smallest absolute Gasteiger partial charge is 0.240 e. The first-order valence-corrected chi connectivity index (χ1v) is 8.22. The first-order chi connectivity index (χ1) is 10.2. The number of piperazine rings is 1. The Kier molecular flexibility index (Phi) is 7.76. The van der Waals surface area contributed by atoms with Crippen molar-refractivity contribution in [1.82, 2.24) is 19.6 Å². The fourth-order valence-electron chi connectivity index (χ4n) is 3.12. The lowest BCUT2D eigenvalue weighted by atomic mass is 10.0. The van der Waals surface area contributed by atoms with E-state index in [4.69, 9.17) is 0 Å². The van der Waals surface area contributed by atoms with Gasteiger partial charge in [0.1, 0.15) is 0 Å². The molecule has 0 spiro atoms. The van der Waals surface area contributed by atoms with Crippen LogP contribution in [0.15, 0.2) is 0 Å². The maximum absolute atomic E-state index is 12.5. The van der Waals surface area contributed by atoms with Gasteiger partial charge in [-0.1, -0.05) is 13.8 Å². The van der Waals surface area contributed by atoms with Gasteiger partial charge in [-0.05, 0) is 27.1 Å². The van der Waals surface area contributed by atoms with Crippen LogP contribution in [0.3, 0.4) is 0 Å².